The van der Waals surface area contributed by atoms with Gasteiger partial charge in [0.15, 0.2) is 0 Å². The number of halogens is 3. The third kappa shape index (κ3) is 6.75. The molecule has 0 amide bonds. The van der Waals surface area contributed by atoms with Crippen molar-refractivity contribution in [1.29, 1.82) is 0 Å². The molecular formula is C28H25F3N2O3S. The van der Waals surface area contributed by atoms with Crippen molar-refractivity contribution in [3.05, 3.63) is 119 Å². The molecule has 0 radical (unpaired) electrons. The smallest absolute Gasteiger partial charge is 0.416 e. The molecule has 0 spiro atoms. The largest absolute Gasteiger partial charge is 0.459 e. The Morgan fingerprint density at radius 2 is 1.51 bits per heavy atom. The minimum Gasteiger partial charge on any atom is -0.459 e. The van der Waals surface area contributed by atoms with Crippen LogP contribution in [0.5, 0.6) is 0 Å². The first kappa shape index (κ1) is 26.4. The molecule has 37 heavy (non-hydrogen) atoms. The molecule has 3 aromatic carbocycles. The van der Waals surface area contributed by atoms with Crippen LogP contribution >= 0.6 is 0 Å². The highest BCUT2D eigenvalue weighted by Gasteiger charge is 2.30. The lowest BCUT2D eigenvalue weighted by molar-refractivity contribution is -0.137. The van der Waals surface area contributed by atoms with Gasteiger partial charge >= 0.3 is 6.18 Å². The second kappa shape index (κ2) is 10.7. The lowest BCUT2D eigenvalue weighted by Gasteiger charge is -2.21. The molecular weight excluding hydrogens is 501 g/mol. The van der Waals surface area contributed by atoms with Gasteiger partial charge in [-0.25, -0.2) is 8.42 Å². The third-order valence-electron chi connectivity index (χ3n) is 5.67. The van der Waals surface area contributed by atoms with Crippen molar-refractivity contribution in [3.63, 3.8) is 0 Å². The highest BCUT2D eigenvalue weighted by Crippen LogP contribution is 2.31. The molecule has 0 aliphatic rings. The molecule has 0 fully saturated rings. The van der Waals surface area contributed by atoms with Crippen molar-refractivity contribution >= 4 is 21.9 Å². The average molecular weight is 527 g/mol. The Hall–Kier alpha value is -3.69. The van der Waals surface area contributed by atoms with Gasteiger partial charge in [-0.1, -0.05) is 53.6 Å². The first-order valence-electron chi connectivity index (χ1n) is 11.4. The van der Waals surface area contributed by atoms with Crippen LogP contribution in [0.15, 0.2) is 99.2 Å². The van der Waals surface area contributed by atoms with Gasteiger partial charge in [0.2, 0.25) is 10.0 Å². The first-order valence-corrected chi connectivity index (χ1v) is 12.9. The van der Waals surface area contributed by atoms with E-state index in [9.17, 15) is 21.6 Å². The number of aryl methyl sites for hydroxylation is 2. The molecule has 1 heterocycles. The minimum atomic E-state index is -4.47. The number of sulfonamides is 1. The van der Waals surface area contributed by atoms with Crippen LogP contribution in [0.3, 0.4) is 0 Å². The number of hydrogen-bond donors (Lipinski definition) is 0. The zero-order valence-corrected chi connectivity index (χ0v) is 21.1. The molecule has 0 aliphatic carbocycles. The lowest BCUT2D eigenvalue weighted by Crippen LogP contribution is -2.30. The molecule has 0 atom stereocenters. The molecule has 192 valence electrons. The SMILES string of the molecule is Cc1ccc(CN(Cc2ccc(C=Nc3cccc(C(F)(F)F)c3)o2)S(=O)(=O)c2ccc(C)cc2)cc1. The van der Waals surface area contributed by atoms with E-state index in [4.69, 9.17) is 4.42 Å². The second-order valence-electron chi connectivity index (χ2n) is 8.68. The van der Waals surface area contributed by atoms with Crippen LogP contribution in [0.25, 0.3) is 0 Å². The van der Waals surface area contributed by atoms with E-state index >= 15 is 0 Å². The van der Waals surface area contributed by atoms with Gasteiger partial charge in [-0.15, -0.1) is 0 Å². The van der Waals surface area contributed by atoms with E-state index in [-0.39, 0.29) is 29.4 Å². The standard InChI is InChI=1S/C28H25F3N2O3S/c1-20-6-10-22(11-7-20)18-33(37(34,35)27-14-8-21(2)9-15-27)19-26-13-12-25(36-26)17-32-24-5-3-4-23(16-24)28(29,30)31/h3-17H,18-19H2,1-2H3. The van der Waals surface area contributed by atoms with Crippen LogP contribution in [0.2, 0.25) is 0 Å². The number of nitrogens with zero attached hydrogens (tertiary/aromatic N) is 2. The highest BCUT2D eigenvalue weighted by atomic mass is 32.2. The van der Waals surface area contributed by atoms with Crippen LogP contribution in [-0.4, -0.2) is 18.9 Å². The van der Waals surface area contributed by atoms with Gasteiger partial charge in [0.1, 0.15) is 11.5 Å². The summed E-state index contributed by atoms with van der Waals surface area (Å²) >= 11 is 0. The maximum Gasteiger partial charge on any atom is 0.416 e. The molecule has 0 N–H and O–H groups in total. The zero-order chi connectivity index (χ0) is 26.6. The summed E-state index contributed by atoms with van der Waals surface area (Å²) in [6, 6.07) is 22.1. The molecule has 1 aromatic heterocycles. The van der Waals surface area contributed by atoms with E-state index < -0.39 is 21.8 Å². The summed E-state index contributed by atoms with van der Waals surface area (Å²) in [5.74, 6) is 0.656. The Morgan fingerprint density at radius 1 is 0.865 bits per heavy atom. The van der Waals surface area contributed by atoms with E-state index in [1.54, 1.807) is 36.4 Å². The summed E-state index contributed by atoms with van der Waals surface area (Å²) in [5.41, 5.74) is 2.15. The zero-order valence-electron chi connectivity index (χ0n) is 20.2. The summed E-state index contributed by atoms with van der Waals surface area (Å²) in [6.45, 7) is 3.92. The molecule has 0 saturated carbocycles. The van der Waals surface area contributed by atoms with Crippen LogP contribution in [0.4, 0.5) is 18.9 Å². The molecule has 0 saturated heterocycles. The molecule has 5 nitrogen and oxygen atoms in total. The molecule has 0 aliphatic heterocycles. The van der Waals surface area contributed by atoms with Gasteiger partial charge in [-0.05, 0) is 61.9 Å². The summed E-state index contributed by atoms with van der Waals surface area (Å²) in [7, 11) is -3.86. The van der Waals surface area contributed by atoms with E-state index in [2.05, 4.69) is 4.99 Å². The Labute approximate surface area is 213 Å². The predicted molar refractivity (Wildman–Crippen MR) is 136 cm³/mol. The van der Waals surface area contributed by atoms with Crippen LogP contribution in [0.1, 0.15) is 33.8 Å². The van der Waals surface area contributed by atoms with E-state index in [1.807, 2.05) is 38.1 Å². The van der Waals surface area contributed by atoms with Crippen molar-refractivity contribution in [1.82, 2.24) is 4.31 Å². The fourth-order valence-electron chi connectivity index (χ4n) is 3.61. The van der Waals surface area contributed by atoms with Crippen molar-refractivity contribution < 1.29 is 26.0 Å². The number of benzene rings is 3. The average Bonchev–Trinajstić information content (AvgIpc) is 3.31. The van der Waals surface area contributed by atoms with Crippen LogP contribution < -0.4 is 0 Å². The van der Waals surface area contributed by atoms with Gasteiger partial charge in [0, 0.05) is 6.54 Å². The predicted octanol–water partition coefficient (Wildman–Crippen LogP) is 7.06. The maximum absolute atomic E-state index is 13.5. The van der Waals surface area contributed by atoms with Gasteiger partial charge in [0.05, 0.1) is 28.9 Å². The van der Waals surface area contributed by atoms with Crippen molar-refractivity contribution in [3.8, 4) is 0 Å². The van der Waals surface area contributed by atoms with Crippen LogP contribution in [-0.2, 0) is 29.3 Å². The Balaban J connectivity index is 1.58. The van der Waals surface area contributed by atoms with Crippen molar-refractivity contribution in [2.75, 3.05) is 0 Å². The van der Waals surface area contributed by atoms with Gasteiger partial charge in [-0.2, -0.15) is 17.5 Å². The fraction of sp³-hybridized carbons (Fsp3) is 0.179. The molecule has 0 unspecified atom stereocenters. The van der Waals surface area contributed by atoms with Crippen LogP contribution in [0, 0.1) is 13.8 Å². The van der Waals surface area contributed by atoms with Gasteiger partial charge < -0.3 is 4.42 Å². The molecule has 9 heteroatoms. The summed E-state index contributed by atoms with van der Waals surface area (Å²) in [5, 5.41) is 0. The normalized spacial score (nSPS) is 12.5. The minimum absolute atomic E-state index is 0.0402. The number of rotatable bonds is 8. The topological polar surface area (TPSA) is 62.9 Å². The molecule has 0 bridgehead atoms. The number of hydrogen-bond acceptors (Lipinski definition) is 4. The Bertz CT molecular complexity index is 1490. The van der Waals surface area contributed by atoms with Crippen molar-refractivity contribution in [2.24, 2.45) is 4.99 Å². The quantitative estimate of drug-likeness (QED) is 0.231. The monoisotopic (exact) mass is 526 g/mol. The van der Waals surface area contributed by atoms with Crippen molar-refractivity contribution in [2.45, 2.75) is 38.0 Å². The van der Waals surface area contributed by atoms with E-state index in [0.717, 1.165) is 28.8 Å². The summed E-state index contributed by atoms with van der Waals surface area (Å²) in [6.07, 6.45) is -3.16. The van der Waals surface area contributed by atoms with Gasteiger partial charge in [-0.3, -0.25) is 4.99 Å². The highest BCUT2D eigenvalue weighted by molar-refractivity contribution is 7.89. The Kier molecular flexibility index (Phi) is 7.65. The first-order chi connectivity index (χ1) is 17.5. The molecule has 4 rings (SSSR count). The van der Waals surface area contributed by atoms with E-state index in [0.29, 0.717) is 5.76 Å². The molecule has 4 aromatic rings. The Morgan fingerprint density at radius 3 is 2.16 bits per heavy atom. The van der Waals surface area contributed by atoms with E-state index in [1.165, 1.54) is 22.7 Å². The summed E-state index contributed by atoms with van der Waals surface area (Å²) < 4.78 is 73.0. The van der Waals surface area contributed by atoms with Gasteiger partial charge in [0.25, 0.3) is 0 Å². The lowest BCUT2D eigenvalue weighted by atomic mass is 10.1. The number of furan rings is 1. The number of aliphatic imine (C=N–C) groups is 1. The third-order valence-corrected chi connectivity index (χ3v) is 7.47. The fourth-order valence-corrected chi connectivity index (χ4v) is 5.00. The summed E-state index contributed by atoms with van der Waals surface area (Å²) in [4.78, 5) is 4.24. The number of alkyl halides is 3. The maximum atomic E-state index is 13.5. The second-order valence-corrected chi connectivity index (χ2v) is 10.6.